The maximum absolute atomic E-state index is 12.3. The number of hydrogen-bond donors (Lipinski definition) is 2. The molecular formula is C21H20N2O2S. The number of ether oxygens (including phenoxy) is 1. The van der Waals surface area contributed by atoms with Crippen LogP contribution in [0.15, 0.2) is 52.6 Å². The van der Waals surface area contributed by atoms with Gasteiger partial charge in [0.1, 0.15) is 10.4 Å². The lowest BCUT2D eigenvalue weighted by Gasteiger charge is -2.14. The Balaban J connectivity index is 2.01. The average Bonchev–Trinajstić information content (AvgIpc) is 3.12. The molecule has 0 amide bonds. The molecule has 4 rings (SSSR count). The molecule has 0 bridgehead atoms. The third-order valence-electron chi connectivity index (χ3n) is 4.58. The van der Waals surface area contributed by atoms with Crippen molar-refractivity contribution in [3.63, 3.8) is 0 Å². The normalized spacial score (nSPS) is 12.6. The van der Waals surface area contributed by atoms with Gasteiger partial charge in [0.25, 0.3) is 5.56 Å². The van der Waals surface area contributed by atoms with E-state index in [2.05, 4.69) is 29.2 Å². The predicted molar refractivity (Wildman–Crippen MR) is 109 cm³/mol. The molecule has 2 heterocycles. The fraction of sp³-hybridized carbons (Fsp3) is 0.190. The van der Waals surface area contributed by atoms with Crippen molar-refractivity contribution in [3.05, 3.63) is 63.8 Å². The van der Waals surface area contributed by atoms with Crippen molar-refractivity contribution in [2.45, 2.75) is 19.4 Å². The van der Waals surface area contributed by atoms with E-state index in [-0.39, 0.29) is 11.6 Å². The topological polar surface area (TPSA) is 68.1 Å². The lowest BCUT2D eigenvalue weighted by molar-refractivity contribution is 0.417. The Hall–Kier alpha value is -2.63. The van der Waals surface area contributed by atoms with Crippen LogP contribution in [-0.4, -0.2) is 18.1 Å². The third kappa shape index (κ3) is 2.79. The molecule has 0 fully saturated rings. The molecule has 4 nitrogen and oxygen atoms in total. The minimum absolute atomic E-state index is 0.0501. The molecule has 0 aliphatic heterocycles. The summed E-state index contributed by atoms with van der Waals surface area (Å²) in [5.41, 5.74) is 9.93. The molecule has 1 unspecified atom stereocenters. The summed E-state index contributed by atoms with van der Waals surface area (Å²) in [4.78, 5) is 15.3. The molecule has 26 heavy (non-hydrogen) atoms. The number of nitrogens with two attached hydrogens (primary N) is 1. The van der Waals surface area contributed by atoms with Crippen molar-refractivity contribution < 1.29 is 4.74 Å². The van der Waals surface area contributed by atoms with Gasteiger partial charge in [-0.3, -0.25) is 4.79 Å². The van der Waals surface area contributed by atoms with Gasteiger partial charge in [-0.2, -0.15) is 0 Å². The number of pyridine rings is 1. The molecule has 3 N–H and O–H groups in total. The molecule has 0 aliphatic carbocycles. The van der Waals surface area contributed by atoms with Crippen molar-refractivity contribution >= 4 is 32.3 Å². The molecule has 5 heteroatoms. The number of thiophene rings is 1. The SMILES string of the molecule is COc1ccc2[nH]c(=O)c3sccc3c2c1-c1ccc(CC(C)N)cc1. The third-order valence-corrected chi connectivity index (χ3v) is 5.49. The lowest BCUT2D eigenvalue weighted by Crippen LogP contribution is -2.17. The van der Waals surface area contributed by atoms with E-state index in [9.17, 15) is 4.79 Å². The highest BCUT2D eigenvalue weighted by Crippen LogP contribution is 2.40. The van der Waals surface area contributed by atoms with Crippen molar-refractivity contribution in [2.75, 3.05) is 7.11 Å². The van der Waals surface area contributed by atoms with Crippen LogP contribution in [-0.2, 0) is 6.42 Å². The van der Waals surface area contributed by atoms with Crippen molar-refractivity contribution in [1.82, 2.24) is 4.98 Å². The first-order valence-electron chi connectivity index (χ1n) is 8.53. The standard InChI is InChI=1S/C21H20N2O2S/c1-12(22)11-13-3-5-14(6-4-13)18-17(25-2)8-7-16-19(18)15-9-10-26-20(15)21(24)23-16/h3-10,12H,11,22H2,1-2H3,(H,23,24). The van der Waals surface area contributed by atoms with E-state index in [0.29, 0.717) is 0 Å². The number of fused-ring (bicyclic) bond motifs is 3. The Morgan fingerprint density at radius 1 is 1.15 bits per heavy atom. The van der Waals surface area contributed by atoms with Crippen LogP contribution in [0, 0.1) is 0 Å². The van der Waals surface area contributed by atoms with E-state index < -0.39 is 0 Å². The summed E-state index contributed by atoms with van der Waals surface area (Å²) in [5, 5.41) is 3.93. The van der Waals surface area contributed by atoms with Crippen LogP contribution in [0.1, 0.15) is 12.5 Å². The van der Waals surface area contributed by atoms with Crippen molar-refractivity contribution in [2.24, 2.45) is 5.73 Å². The van der Waals surface area contributed by atoms with E-state index in [4.69, 9.17) is 10.5 Å². The summed E-state index contributed by atoms with van der Waals surface area (Å²) in [6, 6.07) is 14.3. The van der Waals surface area contributed by atoms with Gasteiger partial charge in [0.2, 0.25) is 0 Å². The number of hydrogen-bond acceptors (Lipinski definition) is 4. The van der Waals surface area contributed by atoms with Gasteiger partial charge in [0, 0.05) is 27.9 Å². The molecule has 0 spiro atoms. The van der Waals surface area contributed by atoms with Crippen LogP contribution in [0.3, 0.4) is 0 Å². The van der Waals surface area contributed by atoms with Gasteiger partial charge in [-0.05, 0) is 48.1 Å². The second-order valence-electron chi connectivity index (χ2n) is 6.56. The Morgan fingerprint density at radius 3 is 2.62 bits per heavy atom. The number of H-pyrrole nitrogens is 1. The van der Waals surface area contributed by atoms with Gasteiger partial charge >= 0.3 is 0 Å². The molecule has 0 saturated carbocycles. The summed E-state index contributed by atoms with van der Waals surface area (Å²) in [6.07, 6.45) is 0.842. The molecule has 0 saturated heterocycles. The summed E-state index contributed by atoms with van der Waals surface area (Å²) >= 11 is 1.46. The van der Waals surface area contributed by atoms with Gasteiger partial charge in [-0.15, -0.1) is 11.3 Å². The molecular weight excluding hydrogens is 344 g/mol. The van der Waals surface area contributed by atoms with E-state index in [1.165, 1.54) is 16.9 Å². The summed E-state index contributed by atoms with van der Waals surface area (Å²) in [7, 11) is 1.67. The molecule has 4 aromatic rings. The molecule has 2 aromatic carbocycles. The number of rotatable bonds is 4. The zero-order valence-corrected chi connectivity index (χ0v) is 15.5. The Kier molecular flexibility index (Phi) is 4.26. The maximum Gasteiger partial charge on any atom is 0.266 e. The molecule has 0 radical (unpaired) electrons. The monoisotopic (exact) mass is 364 g/mol. The summed E-state index contributed by atoms with van der Waals surface area (Å²) in [5.74, 6) is 0.789. The molecule has 132 valence electrons. The van der Waals surface area contributed by atoms with Gasteiger partial charge in [-0.25, -0.2) is 0 Å². The number of benzene rings is 2. The Morgan fingerprint density at radius 2 is 1.92 bits per heavy atom. The highest BCUT2D eigenvalue weighted by Gasteiger charge is 2.16. The van der Waals surface area contributed by atoms with E-state index in [0.717, 1.165) is 44.3 Å². The largest absolute Gasteiger partial charge is 0.496 e. The average molecular weight is 364 g/mol. The van der Waals surface area contributed by atoms with Crippen LogP contribution in [0.4, 0.5) is 0 Å². The zero-order chi connectivity index (χ0) is 18.3. The first kappa shape index (κ1) is 16.8. The first-order valence-corrected chi connectivity index (χ1v) is 9.41. The first-order chi connectivity index (χ1) is 12.6. The number of methoxy groups -OCH3 is 1. The van der Waals surface area contributed by atoms with Gasteiger partial charge in [-0.1, -0.05) is 24.3 Å². The minimum atomic E-state index is -0.0501. The summed E-state index contributed by atoms with van der Waals surface area (Å²) < 4.78 is 6.39. The van der Waals surface area contributed by atoms with E-state index in [1.54, 1.807) is 7.11 Å². The van der Waals surface area contributed by atoms with E-state index in [1.807, 2.05) is 30.5 Å². The lowest BCUT2D eigenvalue weighted by atomic mass is 9.95. The van der Waals surface area contributed by atoms with Crippen LogP contribution in [0.25, 0.3) is 32.1 Å². The Bertz CT molecular complexity index is 1140. The smallest absolute Gasteiger partial charge is 0.266 e. The van der Waals surface area contributed by atoms with Crippen LogP contribution in [0.2, 0.25) is 0 Å². The second-order valence-corrected chi connectivity index (χ2v) is 7.48. The number of aromatic nitrogens is 1. The highest BCUT2D eigenvalue weighted by atomic mass is 32.1. The number of aromatic amines is 1. The predicted octanol–water partition coefficient (Wildman–Crippen LogP) is 4.31. The maximum atomic E-state index is 12.3. The van der Waals surface area contributed by atoms with Crippen LogP contribution < -0.4 is 16.0 Å². The van der Waals surface area contributed by atoms with Crippen LogP contribution in [0.5, 0.6) is 5.75 Å². The van der Waals surface area contributed by atoms with Crippen molar-refractivity contribution in [1.29, 1.82) is 0 Å². The van der Waals surface area contributed by atoms with Crippen LogP contribution >= 0.6 is 11.3 Å². The van der Waals surface area contributed by atoms with Crippen molar-refractivity contribution in [3.8, 4) is 16.9 Å². The fourth-order valence-corrected chi connectivity index (χ4v) is 4.26. The number of nitrogens with one attached hydrogen (secondary N) is 1. The summed E-state index contributed by atoms with van der Waals surface area (Å²) in [6.45, 7) is 2.01. The molecule has 1 atom stereocenters. The van der Waals surface area contributed by atoms with Gasteiger partial charge in [0.05, 0.1) is 7.11 Å². The molecule has 0 aliphatic rings. The Labute approximate surface area is 155 Å². The fourth-order valence-electron chi connectivity index (χ4n) is 3.46. The van der Waals surface area contributed by atoms with E-state index >= 15 is 0 Å². The highest BCUT2D eigenvalue weighted by molar-refractivity contribution is 7.17. The second kappa shape index (κ2) is 6.59. The zero-order valence-electron chi connectivity index (χ0n) is 14.7. The van der Waals surface area contributed by atoms with Gasteiger partial charge in [0.15, 0.2) is 0 Å². The molecule has 2 aromatic heterocycles. The quantitative estimate of drug-likeness (QED) is 0.567. The minimum Gasteiger partial charge on any atom is -0.496 e. The van der Waals surface area contributed by atoms with Gasteiger partial charge < -0.3 is 15.5 Å².